The van der Waals surface area contributed by atoms with Gasteiger partial charge in [-0.05, 0) is 29.5 Å². The van der Waals surface area contributed by atoms with Crippen LogP contribution in [0.2, 0.25) is 0 Å². The maximum atomic E-state index is 11.3. The third-order valence-corrected chi connectivity index (χ3v) is 3.54. The van der Waals surface area contributed by atoms with Gasteiger partial charge >= 0.3 is 0 Å². The third-order valence-electron chi connectivity index (χ3n) is 2.55. The topological polar surface area (TPSA) is 40.9 Å². The van der Waals surface area contributed by atoms with Gasteiger partial charge in [-0.2, -0.15) is 5.26 Å². The summed E-state index contributed by atoms with van der Waals surface area (Å²) in [5.41, 5.74) is 2.17. The van der Waals surface area contributed by atoms with Crippen molar-refractivity contribution in [3.05, 3.63) is 46.7 Å². The van der Waals surface area contributed by atoms with Crippen molar-refractivity contribution in [1.29, 1.82) is 5.26 Å². The van der Waals surface area contributed by atoms with Crippen molar-refractivity contribution in [2.45, 2.75) is 12.8 Å². The fourth-order valence-corrected chi connectivity index (χ4v) is 2.66. The highest BCUT2D eigenvalue weighted by Crippen LogP contribution is 2.30. The Hall–Kier alpha value is -1.92. The van der Waals surface area contributed by atoms with Gasteiger partial charge in [0.15, 0.2) is 5.78 Å². The second-order valence-electron chi connectivity index (χ2n) is 3.78. The van der Waals surface area contributed by atoms with Gasteiger partial charge in [-0.15, -0.1) is 11.3 Å². The zero-order valence-corrected chi connectivity index (χ0v) is 10.2. The Labute approximate surface area is 104 Å². The summed E-state index contributed by atoms with van der Waals surface area (Å²) in [6.45, 7) is 1.45. The monoisotopic (exact) mass is 241 g/mol. The molecule has 84 valence electrons. The number of carbonyl (C=O) groups is 1. The number of benzene rings is 1. The summed E-state index contributed by atoms with van der Waals surface area (Å²) in [5, 5.41) is 10.9. The molecule has 17 heavy (non-hydrogen) atoms. The van der Waals surface area contributed by atoms with E-state index >= 15 is 0 Å². The van der Waals surface area contributed by atoms with Gasteiger partial charge in [0.05, 0.1) is 6.07 Å². The molecule has 0 saturated heterocycles. The van der Waals surface area contributed by atoms with Crippen molar-refractivity contribution in [2.24, 2.45) is 0 Å². The van der Waals surface area contributed by atoms with Gasteiger partial charge < -0.3 is 0 Å². The van der Waals surface area contributed by atoms with Crippen molar-refractivity contribution in [2.75, 3.05) is 0 Å². The number of nitrogens with zero attached hydrogens (tertiary/aromatic N) is 1. The van der Waals surface area contributed by atoms with Crippen LogP contribution in [0.3, 0.4) is 0 Å². The molecule has 0 aliphatic heterocycles. The lowest BCUT2D eigenvalue weighted by molar-refractivity contribution is -0.117. The fourth-order valence-electron chi connectivity index (χ4n) is 1.64. The van der Waals surface area contributed by atoms with Crippen LogP contribution in [0.1, 0.15) is 17.7 Å². The molecule has 1 unspecified atom stereocenters. The van der Waals surface area contributed by atoms with Gasteiger partial charge in [-0.3, -0.25) is 4.79 Å². The molecule has 0 aliphatic carbocycles. The highest BCUT2D eigenvalue weighted by molar-refractivity contribution is 7.10. The van der Waals surface area contributed by atoms with Gasteiger partial charge in [0.2, 0.25) is 0 Å². The third kappa shape index (κ3) is 2.43. The number of carbonyl (C=O) groups excluding carboxylic acids is 1. The van der Waals surface area contributed by atoms with E-state index in [9.17, 15) is 4.79 Å². The van der Waals surface area contributed by atoms with Crippen molar-refractivity contribution in [3.8, 4) is 17.2 Å². The number of Topliss-reactive ketones (excluding diaryl/α,β-unsaturated/α-hetero) is 1. The zero-order valence-electron chi connectivity index (χ0n) is 9.38. The van der Waals surface area contributed by atoms with E-state index in [4.69, 9.17) is 5.26 Å². The van der Waals surface area contributed by atoms with Crippen molar-refractivity contribution in [3.63, 3.8) is 0 Å². The van der Waals surface area contributed by atoms with Crippen LogP contribution in [-0.2, 0) is 4.79 Å². The molecule has 0 bridgehead atoms. The first-order valence-corrected chi connectivity index (χ1v) is 6.14. The molecule has 0 N–H and O–H groups in total. The molecule has 0 saturated carbocycles. The van der Waals surface area contributed by atoms with E-state index in [2.05, 4.69) is 0 Å². The Morgan fingerprint density at radius 1 is 1.29 bits per heavy atom. The van der Waals surface area contributed by atoms with Crippen molar-refractivity contribution >= 4 is 17.1 Å². The second kappa shape index (κ2) is 4.94. The molecule has 1 atom stereocenters. The zero-order chi connectivity index (χ0) is 12.3. The fraction of sp³-hybridized carbons (Fsp3) is 0.143. The number of nitriles is 1. The second-order valence-corrected chi connectivity index (χ2v) is 4.72. The number of ketones is 1. The van der Waals surface area contributed by atoms with Gasteiger partial charge in [0, 0.05) is 4.88 Å². The first kappa shape index (κ1) is 11.6. The van der Waals surface area contributed by atoms with E-state index in [1.165, 1.54) is 18.3 Å². The standard InChI is InChI=1S/C14H11NOS/c1-10(16)13(8-15)14-7-12(9-17-14)11-5-3-2-4-6-11/h2-7,9,13H,1H3. The van der Waals surface area contributed by atoms with E-state index in [0.717, 1.165) is 16.0 Å². The molecule has 0 fully saturated rings. The Kier molecular flexibility index (Phi) is 3.36. The Balaban J connectivity index is 2.34. The normalized spacial score (nSPS) is 11.8. The summed E-state index contributed by atoms with van der Waals surface area (Å²) in [7, 11) is 0. The maximum absolute atomic E-state index is 11.3. The van der Waals surface area contributed by atoms with Gasteiger partial charge in [0.25, 0.3) is 0 Å². The van der Waals surface area contributed by atoms with E-state index in [1.54, 1.807) is 0 Å². The van der Waals surface area contributed by atoms with Crippen LogP contribution < -0.4 is 0 Å². The first-order valence-electron chi connectivity index (χ1n) is 5.26. The summed E-state index contributed by atoms with van der Waals surface area (Å²) in [4.78, 5) is 12.1. The summed E-state index contributed by atoms with van der Waals surface area (Å²) in [5.74, 6) is -0.730. The first-order chi connectivity index (χ1) is 8.22. The minimum absolute atomic E-state index is 0.103. The molecule has 0 radical (unpaired) electrons. The van der Waals surface area contributed by atoms with Crippen molar-refractivity contribution in [1.82, 2.24) is 0 Å². The lowest BCUT2D eigenvalue weighted by Gasteiger charge is -2.00. The van der Waals surface area contributed by atoms with Gasteiger partial charge in [-0.25, -0.2) is 0 Å². The van der Waals surface area contributed by atoms with Crippen LogP contribution in [0.4, 0.5) is 0 Å². The Bertz CT molecular complexity index is 565. The van der Waals surface area contributed by atoms with Gasteiger partial charge in [-0.1, -0.05) is 30.3 Å². The molecule has 1 aromatic heterocycles. The van der Waals surface area contributed by atoms with Crippen LogP contribution in [0.15, 0.2) is 41.8 Å². The van der Waals surface area contributed by atoms with Crippen LogP contribution >= 0.6 is 11.3 Å². The average Bonchev–Trinajstić information content (AvgIpc) is 2.80. The van der Waals surface area contributed by atoms with Crippen LogP contribution in [-0.4, -0.2) is 5.78 Å². The van der Waals surface area contributed by atoms with E-state index in [1.807, 2.05) is 47.8 Å². The molecule has 0 amide bonds. The van der Waals surface area contributed by atoms with Crippen LogP contribution in [0.25, 0.3) is 11.1 Å². The average molecular weight is 241 g/mol. The van der Waals surface area contributed by atoms with Crippen LogP contribution in [0.5, 0.6) is 0 Å². The molecular formula is C14H11NOS. The molecule has 1 heterocycles. The highest BCUT2D eigenvalue weighted by atomic mass is 32.1. The minimum atomic E-state index is -0.627. The van der Waals surface area contributed by atoms with E-state index in [0.29, 0.717) is 0 Å². The van der Waals surface area contributed by atoms with Crippen LogP contribution in [0, 0.1) is 11.3 Å². The quantitative estimate of drug-likeness (QED) is 0.823. The molecule has 2 aromatic rings. The predicted octanol–water partition coefficient (Wildman–Crippen LogP) is 3.61. The summed E-state index contributed by atoms with van der Waals surface area (Å²) in [6.07, 6.45) is 0. The van der Waals surface area contributed by atoms with E-state index < -0.39 is 5.92 Å². The number of rotatable bonds is 3. The summed E-state index contributed by atoms with van der Waals surface area (Å²) < 4.78 is 0. The predicted molar refractivity (Wildman–Crippen MR) is 68.8 cm³/mol. The Morgan fingerprint density at radius 2 is 2.00 bits per heavy atom. The number of hydrogen-bond acceptors (Lipinski definition) is 3. The molecular weight excluding hydrogens is 230 g/mol. The van der Waals surface area contributed by atoms with Gasteiger partial charge in [0.1, 0.15) is 5.92 Å². The minimum Gasteiger partial charge on any atom is -0.298 e. The number of hydrogen-bond donors (Lipinski definition) is 0. The highest BCUT2D eigenvalue weighted by Gasteiger charge is 2.18. The van der Waals surface area contributed by atoms with E-state index in [-0.39, 0.29) is 5.78 Å². The lowest BCUT2D eigenvalue weighted by Crippen LogP contribution is -2.03. The summed E-state index contributed by atoms with van der Waals surface area (Å²) >= 11 is 1.46. The maximum Gasteiger partial charge on any atom is 0.152 e. The molecule has 3 heteroatoms. The summed E-state index contributed by atoms with van der Waals surface area (Å²) in [6, 6.07) is 13.9. The lowest BCUT2D eigenvalue weighted by atomic mass is 10.0. The molecule has 2 nitrogen and oxygen atoms in total. The Morgan fingerprint density at radius 3 is 2.59 bits per heavy atom. The molecule has 1 aromatic carbocycles. The molecule has 2 rings (SSSR count). The SMILES string of the molecule is CC(=O)C(C#N)c1cc(-c2ccccc2)cs1. The molecule has 0 spiro atoms. The molecule has 0 aliphatic rings. The smallest absolute Gasteiger partial charge is 0.152 e. The largest absolute Gasteiger partial charge is 0.298 e. The van der Waals surface area contributed by atoms with Crippen molar-refractivity contribution < 1.29 is 4.79 Å². The number of thiophene rings is 1.